The molecule has 2 rings (SSSR count). The number of methoxy groups -OCH3 is 1. The van der Waals surface area contributed by atoms with Crippen LogP contribution in [-0.4, -0.2) is 36.4 Å². The Morgan fingerprint density at radius 1 is 1.32 bits per heavy atom. The Bertz CT molecular complexity index is 535. The van der Waals surface area contributed by atoms with Crippen LogP contribution in [0.1, 0.15) is 40.0 Å². The van der Waals surface area contributed by atoms with Crippen molar-refractivity contribution >= 4 is 18.5 Å². The highest BCUT2D eigenvalue weighted by atomic mass is 16.5. The first-order valence-electron chi connectivity index (χ1n) is 7.62. The van der Waals surface area contributed by atoms with Crippen LogP contribution in [0.15, 0.2) is 11.6 Å². The van der Waals surface area contributed by atoms with Crippen LogP contribution in [0.3, 0.4) is 0 Å². The van der Waals surface area contributed by atoms with Gasteiger partial charge in [0.05, 0.1) is 13.0 Å². The van der Waals surface area contributed by atoms with E-state index in [9.17, 15) is 19.5 Å². The third-order valence-electron chi connectivity index (χ3n) is 5.85. The van der Waals surface area contributed by atoms with Crippen LogP contribution < -0.4 is 0 Å². The SMILES string of the molecule is COC(=O)[C@@H]1C=C(C=O)[C@](O)(C=O)[C@@]2(C)CCCC(C)(C)[C@H]12. The van der Waals surface area contributed by atoms with Gasteiger partial charge in [0.25, 0.3) is 0 Å². The van der Waals surface area contributed by atoms with Gasteiger partial charge in [-0.25, -0.2) is 0 Å². The number of hydrogen-bond acceptors (Lipinski definition) is 5. The Hall–Kier alpha value is -1.49. The molecule has 0 aromatic carbocycles. The first-order chi connectivity index (χ1) is 10.2. The molecule has 0 aromatic rings. The summed E-state index contributed by atoms with van der Waals surface area (Å²) in [6, 6.07) is 0. The lowest BCUT2D eigenvalue weighted by atomic mass is 9.45. The molecule has 0 bridgehead atoms. The number of fused-ring (bicyclic) bond motifs is 1. The molecule has 1 saturated carbocycles. The summed E-state index contributed by atoms with van der Waals surface area (Å²) in [5, 5.41) is 11.0. The van der Waals surface area contributed by atoms with Crippen LogP contribution in [-0.2, 0) is 19.1 Å². The Kier molecular flexibility index (Phi) is 4.07. The minimum Gasteiger partial charge on any atom is -0.469 e. The van der Waals surface area contributed by atoms with E-state index in [0.29, 0.717) is 19.0 Å². The number of rotatable bonds is 3. The molecular weight excluding hydrogens is 284 g/mol. The second-order valence-electron chi connectivity index (χ2n) is 7.41. The molecule has 0 spiro atoms. The normalized spacial score (nSPS) is 40.1. The van der Waals surface area contributed by atoms with Gasteiger partial charge in [-0.2, -0.15) is 0 Å². The third-order valence-corrected chi connectivity index (χ3v) is 5.85. The lowest BCUT2D eigenvalue weighted by Crippen LogP contribution is -2.63. The minimum absolute atomic E-state index is 0.0330. The van der Waals surface area contributed by atoms with Crippen LogP contribution in [0, 0.1) is 22.7 Å². The predicted octanol–water partition coefficient (Wildman–Crippen LogP) is 1.68. The first kappa shape index (κ1) is 16.9. The van der Waals surface area contributed by atoms with Crippen LogP contribution in [0.2, 0.25) is 0 Å². The average Bonchev–Trinajstić information content (AvgIpc) is 2.47. The standard InChI is InChI=1S/C17H24O5/c1-15(2)6-5-7-16(3)13(15)12(14(20)22-4)8-11(9-18)17(16,21)10-19/h8-10,12-13,21H,5-7H2,1-4H3/t12-,13+,16+,17-/m1/s1. The van der Waals surface area contributed by atoms with Crippen LogP contribution >= 0.6 is 0 Å². The topological polar surface area (TPSA) is 80.7 Å². The van der Waals surface area contributed by atoms with Gasteiger partial charge >= 0.3 is 5.97 Å². The summed E-state index contributed by atoms with van der Waals surface area (Å²) in [5.41, 5.74) is -3.02. The Balaban J connectivity index is 2.73. The summed E-state index contributed by atoms with van der Waals surface area (Å²) in [6.07, 6.45) is 4.65. The van der Waals surface area contributed by atoms with E-state index in [0.717, 1.165) is 12.8 Å². The van der Waals surface area contributed by atoms with Gasteiger partial charge in [-0.1, -0.05) is 33.3 Å². The number of carbonyl (C=O) groups is 3. The molecule has 2 aliphatic rings. The molecule has 5 nitrogen and oxygen atoms in total. The lowest BCUT2D eigenvalue weighted by Gasteiger charge is -2.59. The fourth-order valence-electron chi connectivity index (χ4n) is 4.81. The molecule has 0 saturated heterocycles. The molecule has 0 amide bonds. The number of aldehydes is 2. The van der Waals surface area contributed by atoms with Crippen molar-refractivity contribution < 1.29 is 24.2 Å². The van der Waals surface area contributed by atoms with Crippen LogP contribution in [0.4, 0.5) is 0 Å². The van der Waals surface area contributed by atoms with E-state index >= 15 is 0 Å². The molecule has 4 atom stereocenters. The summed E-state index contributed by atoms with van der Waals surface area (Å²) >= 11 is 0. The largest absolute Gasteiger partial charge is 0.469 e. The molecule has 0 aliphatic heterocycles. The predicted molar refractivity (Wildman–Crippen MR) is 79.9 cm³/mol. The summed E-state index contributed by atoms with van der Waals surface area (Å²) in [7, 11) is 1.31. The van der Waals surface area contributed by atoms with Crippen molar-refractivity contribution in [3.63, 3.8) is 0 Å². The number of hydrogen-bond donors (Lipinski definition) is 1. The van der Waals surface area contributed by atoms with Crippen molar-refractivity contribution in [1.82, 2.24) is 0 Å². The Morgan fingerprint density at radius 3 is 2.45 bits per heavy atom. The molecule has 22 heavy (non-hydrogen) atoms. The number of aliphatic hydroxyl groups is 1. The summed E-state index contributed by atoms with van der Waals surface area (Å²) in [6.45, 7) is 5.88. The smallest absolute Gasteiger partial charge is 0.312 e. The zero-order valence-corrected chi connectivity index (χ0v) is 13.6. The van der Waals surface area contributed by atoms with E-state index in [2.05, 4.69) is 0 Å². The summed E-state index contributed by atoms with van der Waals surface area (Å²) in [4.78, 5) is 35.4. The van der Waals surface area contributed by atoms with E-state index in [1.165, 1.54) is 13.2 Å². The zero-order chi connectivity index (χ0) is 16.8. The van der Waals surface area contributed by atoms with Gasteiger partial charge in [0, 0.05) is 11.0 Å². The first-order valence-corrected chi connectivity index (χ1v) is 7.62. The summed E-state index contributed by atoms with van der Waals surface area (Å²) < 4.78 is 4.90. The summed E-state index contributed by atoms with van der Waals surface area (Å²) in [5.74, 6) is -1.34. The highest BCUT2D eigenvalue weighted by molar-refractivity contribution is 5.90. The van der Waals surface area contributed by atoms with E-state index in [-0.39, 0.29) is 16.9 Å². The van der Waals surface area contributed by atoms with E-state index in [4.69, 9.17) is 4.74 Å². The number of ether oxygens (including phenoxy) is 1. The fraction of sp³-hybridized carbons (Fsp3) is 0.706. The zero-order valence-electron chi connectivity index (χ0n) is 13.6. The Morgan fingerprint density at radius 2 is 1.95 bits per heavy atom. The molecule has 0 aromatic heterocycles. The molecule has 0 heterocycles. The highest BCUT2D eigenvalue weighted by Gasteiger charge is 2.64. The van der Waals surface area contributed by atoms with Crippen molar-refractivity contribution in [3.05, 3.63) is 11.6 Å². The van der Waals surface area contributed by atoms with E-state index in [1.807, 2.05) is 13.8 Å². The van der Waals surface area contributed by atoms with Crippen molar-refractivity contribution in [3.8, 4) is 0 Å². The minimum atomic E-state index is -1.86. The van der Waals surface area contributed by atoms with Gasteiger partial charge in [-0.3, -0.25) is 14.4 Å². The molecule has 2 aliphatic carbocycles. The number of esters is 1. The molecular formula is C17H24O5. The molecule has 0 radical (unpaired) electrons. The van der Waals surface area contributed by atoms with Crippen molar-refractivity contribution in [1.29, 1.82) is 0 Å². The molecule has 1 N–H and O–H groups in total. The average molecular weight is 308 g/mol. The maximum absolute atomic E-state index is 12.3. The van der Waals surface area contributed by atoms with E-state index < -0.39 is 22.9 Å². The quantitative estimate of drug-likeness (QED) is 0.634. The second-order valence-corrected chi connectivity index (χ2v) is 7.41. The van der Waals surface area contributed by atoms with Gasteiger partial charge in [0.15, 0.2) is 11.9 Å². The maximum atomic E-state index is 12.3. The van der Waals surface area contributed by atoms with Gasteiger partial charge in [-0.05, 0) is 24.2 Å². The van der Waals surface area contributed by atoms with Crippen molar-refractivity contribution in [2.45, 2.75) is 45.6 Å². The van der Waals surface area contributed by atoms with Gasteiger partial charge < -0.3 is 9.84 Å². The van der Waals surface area contributed by atoms with E-state index in [1.54, 1.807) is 6.92 Å². The molecule has 0 unspecified atom stereocenters. The van der Waals surface area contributed by atoms with Gasteiger partial charge in [-0.15, -0.1) is 0 Å². The highest BCUT2D eigenvalue weighted by Crippen LogP contribution is 2.62. The van der Waals surface area contributed by atoms with Crippen LogP contribution in [0.25, 0.3) is 0 Å². The third kappa shape index (κ3) is 2.06. The van der Waals surface area contributed by atoms with Crippen molar-refractivity contribution in [2.24, 2.45) is 22.7 Å². The molecule has 122 valence electrons. The monoisotopic (exact) mass is 308 g/mol. The molecule has 1 fully saturated rings. The lowest BCUT2D eigenvalue weighted by molar-refractivity contribution is -0.177. The van der Waals surface area contributed by atoms with Gasteiger partial charge in [0.2, 0.25) is 0 Å². The second kappa shape index (κ2) is 5.30. The Labute approximate surface area is 130 Å². The number of carbonyl (C=O) groups excluding carboxylic acids is 3. The fourth-order valence-corrected chi connectivity index (χ4v) is 4.81. The maximum Gasteiger partial charge on any atom is 0.312 e. The van der Waals surface area contributed by atoms with Gasteiger partial charge in [0.1, 0.15) is 6.29 Å². The molecule has 5 heteroatoms. The van der Waals surface area contributed by atoms with Crippen molar-refractivity contribution in [2.75, 3.05) is 7.11 Å². The van der Waals surface area contributed by atoms with Crippen LogP contribution in [0.5, 0.6) is 0 Å².